The van der Waals surface area contributed by atoms with E-state index in [4.69, 9.17) is 16.3 Å². The van der Waals surface area contributed by atoms with Crippen LogP contribution in [-0.2, 0) is 4.74 Å². The van der Waals surface area contributed by atoms with Gasteiger partial charge < -0.3 is 4.74 Å². The van der Waals surface area contributed by atoms with E-state index in [1.165, 1.54) is 19.3 Å². The zero-order valence-electron chi connectivity index (χ0n) is 9.56. The maximum Gasteiger partial charge on any atom is 0.338 e. The molecule has 3 atom stereocenters. The van der Waals surface area contributed by atoms with Gasteiger partial charge in [-0.25, -0.2) is 4.79 Å². The molecule has 0 saturated heterocycles. The summed E-state index contributed by atoms with van der Waals surface area (Å²) in [4.78, 5) is 11.9. The molecule has 0 amide bonds. The second-order valence-electron chi connectivity index (χ2n) is 5.13. The topological polar surface area (TPSA) is 26.3 Å². The molecule has 0 spiro atoms. The summed E-state index contributed by atoms with van der Waals surface area (Å²) in [6.45, 7) is 0. The highest BCUT2D eigenvalue weighted by atomic mass is 35.5. The van der Waals surface area contributed by atoms with Crippen LogP contribution in [0, 0.1) is 11.8 Å². The fourth-order valence-electron chi connectivity index (χ4n) is 3.12. The van der Waals surface area contributed by atoms with Gasteiger partial charge in [-0.05, 0) is 61.8 Å². The van der Waals surface area contributed by atoms with Crippen LogP contribution in [0.5, 0.6) is 0 Å². The Kier molecular flexibility index (Phi) is 2.83. The lowest BCUT2D eigenvalue weighted by molar-refractivity contribution is 0.0158. The Morgan fingerprint density at radius 1 is 1.18 bits per heavy atom. The average molecular weight is 251 g/mol. The maximum atomic E-state index is 11.9. The van der Waals surface area contributed by atoms with Crippen LogP contribution in [0.4, 0.5) is 0 Å². The van der Waals surface area contributed by atoms with E-state index in [-0.39, 0.29) is 12.1 Å². The Balaban J connectivity index is 1.65. The highest BCUT2D eigenvalue weighted by Gasteiger charge is 2.41. The van der Waals surface area contributed by atoms with Gasteiger partial charge in [0.2, 0.25) is 0 Å². The first-order chi connectivity index (χ1) is 8.22. The molecule has 1 aromatic carbocycles. The van der Waals surface area contributed by atoms with Crippen LogP contribution >= 0.6 is 11.6 Å². The van der Waals surface area contributed by atoms with Gasteiger partial charge in [0.15, 0.2) is 0 Å². The number of carbonyl (C=O) groups excluding carboxylic acids is 1. The molecule has 1 aromatic rings. The smallest absolute Gasteiger partial charge is 0.338 e. The summed E-state index contributed by atoms with van der Waals surface area (Å²) in [7, 11) is 0. The van der Waals surface area contributed by atoms with Gasteiger partial charge in [-0.2, -0.15) is 0 Å². The molecule has 0 N–H and O–H groups in total. The molecule has 0 aliphatic heterocycles. The minimum atomic E-state index is -0.209. The number of rotatable bonds is 2. The van der Waals surface area contributed by atoms with Crippen molar-refractivity contribution in [1.82, 2.24) is 0 Å². The predicted octanol–water partition coefficient (Wildman–Crippen LogP) is 3.69. The summed E-state index contributed by atoms with van der Waals surface area (Å²) in [6.07, 6.45) is 5.00. The zero-order chi connectivity index (χ0) is 11.8. The van der Waals surface area contributed by atoms with Crippen LogP contribution < -0.4 is 0 Å². The van der Waals surface area contributed by atoms with Gasteiger partial charge in [0, 0.05) is 5.02 Å². The average Bonchev–Trinajstić information content (AvgIpc) is 2.91. The van der Waals surface area contributed by atoms with Crippen LogP contribution in [0.2, 0.25) is 5.02 Å². The summed E-state index contributed by atoms with van der Waals surface area (Å²) < 4.78 is 5.59. The lowest BCUT2D eigenvalue weighted by atomic mass is 9.98. The number of hydrogen-bond donors (Lipinski definition) is 0. The van der Waals surface area contributed by atoms with Gasteiger partial charge in [0.05, 0.1) is 5.56 Å². The quantitative estimate of drug-likeness (QED) is 0.749. The zero-order valence-corrected chi connectivity index (χ0v) is 10.3. The van der Waals surface area contributed by atoms with Gasteiger partial charge in [0.25, 0.3) is 0 Å². The van der Waals surface area contributed by atoms with Gasteiger partial charge in [-0.1, -0.05) is 11.6 Å². The number of carbonyl (C=O) groups is 1. The molecule has 0 radical (unpaired) electrons. The highest BCUT2D eigenvalue weighted by Crippen LogP contribution is 2.46. The molecule has 3 rings (SSSR count). The van der Waals surface area contributed by atoms with Crippen LogP contribution in [0.25, 0.3) is 0 Å². The Hall–Kier alpha value is -1.02. The Morgan fingerprint density at radius 3 is 2.53 bits per heavy atom. The van der Waals surface area contributed by atoms with E-state index in [1.54, 1.807) is 24.3 Å². The second-order valence-corrected chi connectivity index (χ2v) is 5.56. The number of benzene rings is 1. The molecule has 2 nitrogen and oxygen atoms in total. The Morgan fingerprint density at radius 2 is 1.94 bits per heavy atom. The largest absolute Gasteiger partial charge is 0.458 e. The van der Waals surface area contributed by atoms with Crippen LogP contribution in [0.1, 0.15) is 36.0 Å². The Labute approximate surface area is 106 Å². The molecule has 3 heteroatoms. The van der Waals surface area contributed by atoms with Crippen molar-refractivity contribution in [3.8, 4) is 0 Å². The number of esters is 1. The molecular formula is C14H15ClO2. The molecule has 0 unspecified atom stereocenters. The molecule has 2 saturated carbocycles. The van der Waals surface area contributed by atoms with E-state index in [0.717, 1.165) is 12.3 Å². The van der Waals surface area contributed by atoms with Crippen molar-refractivity contribution >= 4 is 17.6 Å². The molecule has 0 heterocycles. The number of hydrogen-bond acceptors (Lipinski definition) is 2. The lowest BCUT2D eigenvalue weighted by Gasteiger charge is -2.21. The lowest BCUT2D eigenvalue weighted by Crippen LogP contribution is -2.24. The number of fused-ring (bicyclic) bond motifs is 2. The first-order valence-electron chi connectivity index (χ1n) is 6.19. The third-order valence-corrected chi connectivity index (χ3v) is 4.26. The normalized spacial score (nSPS) is 30.5. The summed E-state index contributed by atoms with van der Waals surface area (Å²) in [5.41, 5.74) is 0.595. The predicted molar refractivity (Wildman–Crippen MR) is 66.1 cm³/mol. The molecule has 2 aliphatic carbocycles. The van der Waals surface area contributed by atoms with Crippen molar-refractivity contribution in [3.63, 3.8) is 0 Å². The van der Waals surface area contributed by atoms with E-state index in [1.807, 2.05) is 0 Å². The number of ether oxygens (including phenoxy) is 1. The van der Waals surface area contributed by atoms with Crippen molar-refractivity contribution in [3.05, 3.63) is 34.9 Å². The minimum Gasteiger partial charge on any atom is -0.458 e. The van der Waals surface area contributed by atoms with Crippen molar-refractivity contribution in [2.75, 3.05) is 0 Å². The van der Waals surface area contributed by atoms with E-state index in [9.17, 15) is 4.79 Å². The van der Waals surface area contributed by atoms with Crippen LogP contribution in [0.15, 0.2) is 24.3 Å². The van der Waals surface area contributed by atoms with E-state index in [2.05, 4.69) is 0 Å². The summed E-state index contributed by atoms with van der Waals surface area (Å²) in [5.74, 6) is 1.19. The van der Waals surface area contributed by atoms with Gasteiger partial charge >= 0.3 is 5.97 Å². The second kappa shape index (κ2) is 4.34. The third kappa shape index (κ3) is 2.19. The van der Waals surface area contributed by atoms with Crippen molar-refractivity contribution in [1.29, 1.82) is 0 Å². The first-order valence-corrected chi connectivity index (χ1v) is 6.57. The van der Waals surface area contributed by atoms with E-state index >= 15 is 0 Å². The monoisotopic (exact) mass is 250 g/mol. The summed E-state index contributed by atoms with van der Waals surface area (Å²) in [6, 6.07) is 6.88. The van der Waals surface area contributed by atoms with Crippen molar-refractivity contribution in [2.24, 2.45) is 11.8 Å². The van der Waals surface area contributed by atoms with Crippen LogP contribution in [0.3, 0.4) is 0 Å². The SMILES string of the molecule is O=C(O[C@H]1C[C@@H]2CC[C@H]1C2)c1ccc(Cl)cc1. The van der Waals surface area contributed by atoms with Crippen molar-refractivity contribution in [2.45, 2.75) is 31.8 Å². The molecule has 2 bridgehead atoms. The molecule has 2 fully saturated rings. The first kappa shape index (κ1) is 11.1. The highest BCUT2D eigenvalue weighted by molar-refractivity contribution is 6.30. The number of halogens is 1. The van der Waals surface area contributed by atoms with E-state index in [0.29, 0.717) is 16.5 Å². The standard InChI is InChI=1S/C14H15ClO2/c15-12-5-3-10(4-6-12)14(16)17-13-8-9-1-2-11(13)7-9/h3-6,9,11,13H,1-2,7-8H2/t9-,11+,13+/m1/s1. The van der Waals surface area contributed by atoms with Crippen LogP contribution in [-0.4, -0.2) is 12.1 Å². The molecule has 2 aliphatic rings. The van der Waals surface area contributed by atoms with Gasteiger partial charge in [0.1, 0.15) is 6.10 Å². The van der Waals surface area contributed by atoms with E-state index < -0.39 is 0 Å². The molecular weight excluding hydrogens is 236 g/mol. The van der Waals surface area contributed by atoms with Crippen molar-refractivity contribution < 1.29 is 9.53 Å². The summed E-state index contributed by atoms with van der Waals surface area (Å²) in [5, 5.41) is 0.640. The molecule has 90 valence electrons. The maximum absolute atomic E-state index is 11.9. The van der Waals surface area contributed by atoms with Gasteiger partial charge in [-0.15, -0.1) is 0 Å². The molecule has 17 heavy (non-hydrogen) atoms. The fraction of sp³-hybridized carbons (Fsp3) is 0.500. The third-order valence-electron chi connectivity index (χ3n) is 4.01. The Bertz CT molecular complexity index is 426. The fourth-order valence-corrected chi connectivity index (χ4v) is 3.25. The summed E-state index contributed by atoms with van der Waals surface area (Å²) >= 11 is 5.79. The molecule has 0 aromatic heterocycles. The minimum absolute atomic E-state index is 0.150. The van der Waals surface area contributed by atoms with Gasteiger partial charge in [-0.3, -0.25) is 0 Å².